The molecule has 0 saturated carbocycles. The van der Waals surface area contributed by atoms with Gasteiger partial charge in [-0.3, -0.25) is 9.78 Å². The molecule has 1 heterocycles. The van der Waals surface area contributed by atoms with Crippen molar-refractivity contribution >= 4 is 35.0 Å². The van der Waals surface area contributed by atoms with E-state index in [1.54, 1.807) is 18.0 Å². The maximum Gasteiger partial charge on any atom is 0.256 e. The Morgan fingerprint density at radius 1 is 0.935 bits per heavy atom. The van der Waals surface area contributed by atoms with Crippen molar-refractivity contribution in [2.75, 3.05) is 11.6 Å². The number of aromatic nitrogens is 1. The molecule has 0 atom stereocenters. The van der Waals surface area contributed by atoms with E-state index in [2.05, 4.69) is 10.3 Å². The molecule has 0 radical (unpaired) electrons. The van der Waals surface area contributed by atoms with Crippen molar-refractivity contribution < 1.29 is 4.79 Å². The summed E-state index contributed by atoms with van der Waals surface area (Å²) in [5, 5.41) is 3.69. The van der Waals surface area contributed by atoms with Crippen LogP contribution >= 0.6 is 23.4 Å². The van der Waals surface area contributed by atoms with Crippen LogP contribution in [0.15, 0.2) is 90.0 Å². The number of anilines is 1. The molecule has 4 aromatic rings. The number of carbonyl (C=O) groups excluding carboxylic acids is 1. The molecule has 3 aromatic carbocycles. The third-order valence-electron chi connectivity index (χ3n) is 5.04. The summed E-state index contributed by atoms with van der Waals surface area (Å²) in [6.45, 7) is 2.02. The van der Waals surface area contributed by atoms with Gasteiger partial charge in [-0.15, -0.1) is 11.8 Å². The predicted octanol–water partition coefficient (Wildman–Crippen LogP) is 7.35. The van der Waals surface area contributed by atoms with E-state index in [1.165, 1.54) is 0 Å². The second-order valence-electron chi connectivity index (χ2n) is 7.12. The smallest absolute Gasteiger partial charge is 0.256 e. The standard InChI is InChI=1S/C26H21ClN2OS/c1-17-9-10-19(27)15-23(17)24-16-21(31-2)11-12-22(24)26(30)29-20-7-5-6-18(14-20)25-8-3-4-13-28-25/h3-16H,1-2H3,(H,29,30). The van der Waals surface area contributed by atoms with Crippen LogP contribution in [-0.2, 0) is 0 Å². The Hall–Kier alpha value is -3.08. The van der Waals surface area contributed by atoms with Crippen molar-refractivity contribution in [3.05, 3.63) is 101 Å². The highest BCUT2D eigenvalue weighted by molar-refractivity contribution is 7.98. The quantitative estimate of drug-likeness (QED) is 0.327. The number of hydrogen-bond acceptors (Lipinski definition) is 3. The van der Waals surface area contributed by atoms with E-state index in [-0.39, 0.29) is 5.91 Å². The van der Waals surface area contributed by atoms with Gasteiger partial charge >= 0.3 is 0 Å². The monoisotopic (exact) mass is 444 g/mol. The molecular weight excluding hydrogens is 424 g/mol. The number of nitrogens with one attached hydrogen (secondary N) is 1. The number of benzene rings is 3. The van der Waals surface area contributed by atoms with Gasteiger partial charge in [-0.1, -0.05) is 35.9 Å². The first-order valence-electron chi connectivity index (χ1n) is 9.82. The maximum atomic E-state index is 13.3. The van der Waals surface area contributed by atoms with Crippen LogP contribution in [0.4, 0.5) is 5.69 Å². The number of nitrogens with zero attached hydrogens (tertiary/aromatic N) is 1. The molecule has 31 heavy (non-hydrogen) atoms. The topological polar surface area (TPSA) is 42.0 Å². The third kappa shape index (κ3) is 4.82. The summed E-state index contributed by atoms with van der Waals surface area (Å²) < 4.78 is 0. The van der Waals surface area contributed by atoms with E-state index < -0.39 is 0 Å². The normalized spacial score (nSPS) is 10.7. The number of halogens is 1. The lowest BCUT2D eigenvalue weighted by molar-refractivity contribution is 0.102. The summed E-state index contributed by atoms with van der Waals surface area (Å²) >= 11 is 7.91. The van der Waals surface area contributed by atoms with Gasteiger partial charge in [0.2, 0.25) is 0 Å². The Bertz CT molecular complexity index is 1240. The minimum Gasteiger partial charge on any atom is -0.322 e. The first-order valence-corrected chi connectivity index (χ1v) is 11.4. The molecule has 154 valence electrons. The van der Waals surface area contributed by atoms with E-state index >= 15 is 0 Å². The SMILES string of the molecule is CSc1ccc(C(=O)Nc2cccc(-c3ccccn3)c2)c(-c2cc(Cl)ccc2C)c1. The molecule has 0 unspecified atom stereocenters. The largest absolute Gasteiger partial charge is 0.322 e. The molecule has 0 aliphatic carbocycles. The van der Waals surface area contributed by atoms with Crippen molar-refractivity contribution in [1.29, 1.82) is 0 Å². The highest BCUT2D eigenvalue weighted by Gasteiger charge is 2.16. The Morgan fingerprint density at radius 3 is 2.58 bits per heavy atom. The van der Waals surface area contributed by atoms with Gasteiger partial charge in [-0.2, -0.15) is 0 Å². The summed E-state index contributed by atoms with van der Waals surface area (Å²) in [7, 11) is 0. The fourth-order valence-corrected chi connectivity index (χ4v) is 4.06. The number of rotatable bonds is 5. The Labute approximate surface area is 191 Å². The first kappa shape index (κ1) is 21.2. The van der Waals surface area contributed by atoms with Crippen LogP contribution in [-0.4, -0.2) is 17.1 Å². The zero-order valence-corrected chi connectivity index (χ0v) is 18.8. The second kappa shape index (κ2) is 9.38. The highest BCUT2D eigenvalue weighted by atomic mass is 35.5. The highest BCUT2D eigenvalue weighted by Crippen LogP contribution is 2.33. The molecule has 0 saturated heterocycles. The lowest BCUT2D eigenvalue weighted by Gasteiger charge is -2.14. The van der Waals surface area contributed by atoms with Gasteiger partial charge in [0.25, 0.3) is 5.91 Å². The number of carbonyl (C=O) groups is 1. The van der Waals surface area contributed by atoms with Gasteiger partial charge in [0, 0.05) is 32.9 Å². The van der Waals surface area contributed by atoms with Crippen LogP contribution in [0.25, 0.3) is 22.4 Å². The zero-order valence-electron chi connectivity index (χ0n) is 17.2. The van der Waals surface area contributed by atoms with E-state index in [4.69, 9.17) is 11.6 Å². The number of thioether (sulfide) groups is 1. The van der Waals surface area contributed by atoms with Crippen LogP contribution in [0.5, 0.6) is 0 Å². The molecule has 5 heteroatoms. The van der Waals surface area contributed by atoms with E-state index in [1.807, 2.05) is 92.0 Å². The van der Waals surface area contributed by atoms with Crippen LogP contribution in [0, 0.1) is 6.92 Å². The fourth-order valence-electron chi connectivity index (χ4n) is 3.44. The number of pyridine rings is 1. The number of hydrogen-bond donors (Lipinski definition) is 1. The van der Waals surface area contributed by atoms with Gasteiger partial charge in [0.05, 0.1) is 5.69 Å². The van der Waals surface area contributed by atoms with E-state index in [0.29, 0.717) is 10.6 Å². The molecule has 1 amide bonds. The Kier molecular flexibility index (Phi) is 6.40. The third-order valence-corrected chi connectivity index (χ3v) is 6.00. The zero-order chi connectivity index (χ0) is 21.8. The summed E-state index contributed by atoms with van der Waals surface area (Å²) in [4.78, 5) is 18.8. The average Bonchev–Trinajstić information content (AvgIpc) is 2.81. The molecule has 1 aromatic heterocycles. The summed E-state index contributed by atoms with van der Waals surface area (Å²) in [6.07, 6.45) is 3.78. The van der Waals surface area contributed by atoms with Gasteiger partial charge in [-0.05, 0) is 84.5 Å². The number of aryl methyl sites for hydroxylation is 1. The fraction of sp³-hybridized carbons (Fsp3) is 0.0769. The van der Waals surface area contributed by atoms with Crippen molar-refractivity contribution in [3.8, 4) is 22.4 Å². The predicted molar refractivity (Wildman–Crippen MR) is 131 cm³/mol. The second-order valence-corrected chi connectivity index (χ2v) is 8.44. The molecule has 1 N–H and O–H groups in total. The van der Waals surface area contributed by atoms with Crippen molar-refractivity contribution in [1.82, 2.24) is 4.98 Å². The lowest BCUT2D eigenvalue weighted by atomic mass is 9.95. The van der Waals surface area contributed by atoms with Gasteiger partial charge in [-0.25, -0.2) is 0 Å². The van der Waals surface area contributed by atoms with Crippen LogP contribution in [0.2, 0.25) is 5.02 Å². The molecule has 0 bridgehead atoms. The van der Waals surface area contributed by atoms with E-state index in [9.17, 15) is 4.79 Å². The van der Waals surface area contributed by atoms with Crippen molar-refractivity contribution in [2.24, 2.45) is 0 Å². The van der Waals surface area contributed by atoms with Gasteiger partial charge < -0.3 is 5.32 Å². The minimum atomic E-state index is -0.166. The summed E-state index contributed by atoms with van der Waals surface area (Å²) in [5.41, 5.74) is 6.01. The molecule has 3 nitrogen and oxygen atoms in total. The van der Waals surface area contributed by atoms with Crippen molar-refractivity contribution in [3.63, 3.8) is 0 Å². The molecule has 0 aliphatic rings. The lowest BCUT2D eigenvalue weighted by Crippen LogP contribution is -2.13. The first-order chi connectivity index (χ1) is 15.0. The van der Waals surface area contributed by atoms with Gasteiger partial charge in [0.15, 0.2) is 0 Å². The average molecular weight is 445 g/mol. The molecular formula is C26H21ClN2OS. The molecule has 0 aliphatic heterocycles. The maximum absolute atomic E-state index is 13.3. The van der Waals surface area contributed by atoms with Crippen LogP contribution in [0.3, 0.4) is 0 Å². The van der Waals surface area contributed by atoms with Gasteiger partial charge in [0.1, 0.15) is 0 Å². The molecule has 0 fully saturated rings. The Morgan fingerprint density at radius 2 is 1.81 bits per heavy atom. The van der Waals surface area contributed by atoms with Crippen LogP contribution in [0.1, 0.15) is 15.9 Å². The summed E-state index contributed by atoms with van der Waals surface area (Å²) in [6, 6.07) is 25.1. The minimum absolute atomic E-state index is 0.166. The van der Waals surface area contributed by atoms with Crippen LogP contribution < -0.4 is 5.32 Å². The van der Waals surface area contributed by atoms with Crippen molar-refractivity contribution in [2.45, 2.75) is 11.8 Å². The molecule has 4 rings (SSSR count). The molecule has 0 spiro atoms. The van der Waals surface area contributed by atoms with E-state index in [0.717, 1.165) is 38.5 Å². The Balaban J connectivity index is 1.70. The number of amides is 1. The summed E-state index contributed by atoms with van der Waals surface area (Å²) in [5.74, 6) is -0.166.